The van der Waals surface area contributed by atoms with Gasteiger partial charge in [-0.3, -0.25) is 4.90 Å². The molecule has 0 aliphatic carbocycles. The molecule has 7 nitrogen and oxygen atoms in total. The topological polar surface area (TPSA) is 81.9 Å². The third kappa shape index (κ3) is 5.39. The molecule has 2 unspecified atom stereocenters. The molecule has 3 heterocycles. The minimum Gasteiger partial charge on any atom is -0.389 e. The molecule has 0 spiro atoms. The average Bonchev–Trinajstić information content (AvgIpc) is 3.07. The monoisotopic (exact) mass is 360 g/mol. The van der Waals surface area contributed by atoms with Crippen LogP contribution in [0.3, 0.4) is 0 Å². The van der Waals surface area contributed by atoms with Crippen LogP contribution in [0, 0.1) is 11.3 Å². The predicted molar refractivity (Wildman–Crippen MR) is 98.0 cm³/mol. The summed E-state index contributed by atoms with van der Waals surface area (Å²) >= 11 is 0. The van der Waals surface area contributed by atoms with Crippen molar-refractivity contribution in [3.05, 3.63) is 23.9 Å². The quantitative estimate of drug-likeness (QED) is 0.777. The first-order chi connectivity index (χ1) is 12.8. The molecule has 1 N–H and O–H groups in total. The van der Waals surface area contributed by atoms with E-state index in [9.17, 15) is 10.4 Å². The first-order valence-corrected chi connectivity index (χ1v) is 9.46. The minimum atomic E-state index is -0.493. The van der Waals surface area contributed by atoms with Gasteiger partial charge >= 0.3 is 0 Å². The second kappa shape index (κ2) is 9.83. The number of aromatic nitrogens is 1. The fourth-order valence-corrected chi connectivity index (χ4v) is 3.56. The fraction of sp³-hybridized carbons (Fsp3) is 0.684. The minimum absolute atomic E-state index is 0.196. The van der Waals surface area contributed by atoms with E-state index in [0.717, 1.165) is 57.9 Å². The molecule has 1 aromatic heterocycles. The Morgan fingerprint density at radius 2 is 2.27 bits per heavy atom. The predicted octanol–water partition coefficient (Wildman–Crippen LogP) is 1.02. The number of ether oxygens (including phenoxy) is 2. The van der Waals surface area contributed by atoms with Crippen LogP contribution in [-0.4, -0.2) is 79.7 Å². The Morgan fingerprint density at radius 3 is 3.08 bits per heavy atom. The van der Waals surface area contributed by atoms with Crippen LogP contribution in [0.5, 0.6) is 0 Å². The Hall–Kier alpha value is -1.72. The smallest absolute Gasteiger partial charge is 0.146 e. The second-order valence-electron chi connectivity index (χ2n) is 6.95. The second-order valence-corrected chi connectivity index (χ2v) is 6.95. The van der Waals surface area contributed by atoms with Crippen molar-refractivity contribution in [2.24, 2.45) is 0 Å². The highest BCUT2D eigenvalue weighted by molar-refractivity contribution is 5.53. The van der Waals surface area contributed by atoms with Gasteiger partial charge in [0.2, 0.25) is 0 Å². The summed E-state index contributed by atoms with van der Waals surface area (Å²) in [6.45, 7) is 5.78. The maximum absolute atomic E-state index is 10.3. The van der Waals surface area contributed by atoms with Crippen LogP contribution in [0.25, 0.3) is 0 Å². The number of rotatable bonds is 7. The molecule has 2 fully saturated rings. The number of nitriles is 1. The molecule has 2 atom stereocenters. The van der Waals surface area contributed by atoms with E-state index in [1.165, 1.54) is 0 Å². The standard InChI is InChI=1S/C19H28N4O3/c20-12-16-4-1-6-21-19(16)23-8-3-7-22(9-10-23)13-17(24)14-25-15-18-5-2-11-26-18/h1,4,6,17-18,24H,2-3,5,7-11,13-15H2. The summed E-state index contributed by atoms with van der Waals surface area (Å²) in [5.41, 5.74) is 0.614. The Labute approximate surface area is 155 Å². The van der Waals surface area contributed by atoms with E-state index in [0.29, 0.717) is 25.3 Å². The summed E-state index contributed by atoms with van der Waals surface area (Å²) in [5, 5.41) is 19.5. The van der Waals surface area contributed by atoms with Crippen molar-refractivity contribution in [2.75, 3.05) is 57.4 Å². The van der Waals surface area contributed by atoms with E-state index in [4.69, 9.17) is 9.47 Å². The Morgan fingerprint density at radius 1 is 1.35 bits per heavy atom. The highest BCUT2D eigenvalue weighted by atomic mass is 16.5. The summed E-state index contributed by atoms with van der Waals surface area (Å²) in [6.07, 6.45) is 4.56. The van der Waals surface area contributed by atoms with Gasteiger partial charge in [0, 0.05) is 39.0 Å². The summed E-state index contributed by atoms with van der Waals surface area (Å²) in [6, 6.07) is 5.81. The Balaban J connectivity index is 1.42. The van der Waals surface area contributed by atoms with Crippen LogP contribution >= 0.6 is 0 Å². The highest BCUT2D eigenvalue weighted by Crippen LogP contribution is 2.18. The van der Waals surface area contributed by atoms with E-state index in [-0.39, 0.29) is 6.10 Å². The van der Waals surface area contributed by atoms with E-state index in [2.05, 4.69) is 20.9 Å². The van der Waals surface area contributed by atoms with E-state index in [1.807, 2.05) is 0 Å². The van der Waals surface area contributed by atoms with Crippen molar-refractivity contribution in [1.29, 1.82) is 5.26 Å². The number of anilines is 1. The maximum atomic E-state index is 10.3. The van der Waals surface area contributed by atoms with Gasteiger partial charge in [0.25, 0.3) is 0 Å². The number of hydrogen-bond acceptors (Lipinski definition) is 7. The molecule has 2 aliphatic rings. The molecule has 0 bridgehead atoms. The normalized spacial score (nSPS) is 22.8. The van der Waals surface area contributed by atoms with Gasteiger partial charge in [-0.1, -0.05) is 0 Å². The van der Waals surface area contributed by atoms with Crippen molar-refractivity contribution < 1.29 is 14.6 Å². The van der Waals surface area contributed by atoms with Crippen LogP contribution in [0.15, 0.2) is 18.3 Å². The number of β-amino-alcohol motifs (C(OH)–C–C–N with tert-alkyl or cyclic N) is 1. The first-order valence-electron chi connectivity index (χ1n) is 9.46. The lowest BCUT2D eigenvalue weighted by molar-refractivity contribution is -0.0246. The number of nitrogens with zero attached hydrogens (tertiary/aromatic N) is 4. The van der Waals surface area contributed by atoms with Gasteiger partial charge in [0.15, 0.2) is 0 Å². The van der Waals surface area contributed by atoms with Crippen molar-refractivity contribution in [3.8, 4) is 6.07 Å². The largest absolute Gasteiger partial charge is 0.389 e. The van der Waals surface area contributed by atoms with Crippen molar-refractivity contribution in [2.45, 2.75) is 31.5 Å². The molecule has 2 aliphatic heterocycles. The van der Waals surface area contributed by atoms with Crippen LogP contribution < -0.4 is 4.90 Å². The van der Waals surface area contributed by atoms with Gasteiger partial charge in [0.05, 0.1) is 31.0 Å². The molecule has 0 aromatic carbocycles. The zero-order valence-electron chi connectivity index (χ0n) is 15.2. The molecule has 142 valence electrons. The molecule has 0 radical (unpaired) electrons. The molecule has 0 saturated carbocycles. The summed E-state index contributed by atoms with van der Waals surface area (Å²) in [5.74, 6) is 0.761. The molecule has 3 rings (SSSR count). The third-order valence-corrected chi connectivity index (χ3v) is 4.90. The van der Waals surface area contributed by atoms with Gasteiger partial charge in [-0.2, -0.15) is 5.26 Å². The number of pyridine rings is 1. The van der Waals surface area contributed by atoms with Crippen molar-refractivity contribution in [1.82, 2.24) is 9.88 Å². The molecule has 26 heavy (non-hydrogen) atoms. The lowest BCUT2D eigenvalue weighted by Crippen LogP contribution is -2.38. The lowest BCUT2D eigenvalue weighted by atomic mass is 10.2. The van der Waals surface area contributed by atoms with Crippen LogP contribution in [0.2, 0.25) is 0 Å². The number of hydrogen-bond donors (Lipinski definition) is 1. The summed E-state index contributed by atoms with van der Waals surface area (Å²) in [7, 11) is 0. The summed E-state index contributed by atoms with van der Waals surface area (Å²) in [4.78, 5) is 8.81. The molecule has 0 amide bonds. The number of aliphatic hydroxyl groups excluding tert-OH is 1. The van der Waals surface area contributed by atoms with Crippen molar-refractivity contribution in [3.63, 3.8) is 0 Å². The Kier molecular flexibility index (Phi) is 7.21. The van der Waals surface area contributed by atoms with E-state index < -0.39 is 6.10 Å². The highest BCUT2D eigenvalue weighted by Gasteiger charge is 2.21. The van der Waals surface area contributed by atoms with Gasteiger partial charge in [-0.15, -0.1) is 0 Å². The van der Waals surface area contributed by atoms with E-state index >= 15 is 0 Å². The van der Waals surface area contributed by atoms with Gasteiger partial charge in [0.1, 0.15) is 11.9 Å². The lowest BCUT2D eigenvalue weighted by Gasteiger charge is -2.25. The van der Waals surface area contributed by atoms with E-state index in [1.54, 1.807) is 18.3 Å². The first kappa shape index (κ1) is 19.1. The zero-order valence-corrected chi connectivity index (χ0v) is 15.2. The van der Waals surface area contributed by atoms with Crippen LogP contribution in [0.1, 0.15) is 24.8 Å². The molecule has 2 saturated heterocycles. The number of aliphatic hydroxyl groups is 1. The molecular formula is C19H28N4O3. The van der Waals surface area contributed by atoms with Gasteiger partial charge in [-0.05, 0) is 37.9 Å². The zero-order chi connectivity index (χ0) is 18.2. The summed E-state index contributed by atoms with van der Waals surface area (Å²) < 4.78 is 11.1. The third-order valence-electron chi connectivity index (χ3n) is 4.90. The molecular weight excluding hydrogens is 332 g/mol. The fourth-order valence-electron chi connectivity index (χ4n) is 3.56. The molecule has 1 aromatic rings. The average molecular weight is 360 g/mol. The Bertz CT molecular complexity index is 601. The van der Waals surface area contributed by atoms with Gasteiger partial charge in [-0.25, -0.2) is 4.98 Å². The van der Waals surface area contributed by atoms with Crippen LogP contribution in [0.4, 0.5) is 5.82 Å². The van der Waals surface area contributed by atoms with Crippen LogP contribution in [-0.2, 0) is 9.47 Å². The molecule has 7 heteroatoms. The maximum Gasteiger partial charge on any atom is 0.146 e. The van der Waals surface area contributed by atoms with Crippen molar-refractivity contribution >= 4 is 5.82 Å². The van der Waals surface area contributed by atoms with Gasteiger partial charge < -0.3 is 19.5 Å². The SMILES string of the molecule is N#Cc1cccnc1N1CCCN(CC(O)COCC2CCCO2)CC1.